The smallest absolute Gasteiger partial charge is 0.115 e. The van der Waals surface area contributed by atoms with Crippen LogP contribution in [0.5, 0.6) is 5.75 Å². The van der Waals surface area contributed by atoms with E-state index in [1.54, 1.807) is 12.1 Å². The zero-order valence-corrected chi connectivity index (χ0v) is 16.0. The first-order chi connectivity index (χ1) is 9.00. The normalized spacial score (nSPS) is 13.5. The maximum atomic E-state index is 9.06. The van der Waals surface area contributed by atoms with E-state index in [1.807, 2.05) is 12.1 Å². The molecule has 1 radical (unpaired) electrons. The third-order valence-electron chi connectivity index (χ3n) is 3.31. The summed E-state index contributed by atoms with van der Waals surface area (Å²) in [6, 6.07) is 8.06. The zero-order chi connectivity index (χ0) is 14.3. The predicted molar refractivity (Wildman–Crippen MR) is 99.9 cm³/mol. The predicted octanol–water partition coefficient (Wildman–Crippen LogP) is 5.15. The second-order valence-electron chi connectivity index (χ2n) is 5.49. The average Bonchev–Trinajstić information content (AvgIpc) is 2.40. The van der Waals surface area contributed by atoms with Gasteiger partial charge in [0.25, 0.3) is 0 Å². The topological polar surface area (TPSA) is 32.7 Å². The summed E-state index contributed by atoms with van der Waals surface area (Å²) in [5, 5.41) is 9.06. The molecule has 135 valence electrons. The minimum absolute atomic E-state index is 0. The van der Waals surface area contributed by atoms with Crippen LogP contribution in [-0.2, 0) is 37.4 Å². The van der Waals surface area contributed by atoms with Gasteiger partial charge in [0.1, 0.15) is 5.75 Å². The van der Waals surface area contributed by atoms with E-state index in [0.717, 1.165) is 26.3 Å². The van der Waals surface area contributed by atoms with Gasteiger partial charge in [-0.1, -0.05) is 48.3 Å². The molecular formula is C19H39NO2Y. The number of phenols is 1. The van der Waals surface area contributed by atoms with Crippen molar-refractivity contribution >= 4 is 0 Å². The quantitative estimate of drug-likeness (QED) is 0.743. The van der Waals surface area contributed by atoms with E-state index in [0.29, 0.717) is 17.7 Å². The fraction of sp³-hybridized carbons (Fsp3) is 0.684. The second-order valence-corrected chi connectivity index (χ2v) is 5.49. The van der Waals surface area contributed by atoms with Crippen LogP contribution in [0.25, 0.3) is 0 Å². The van der Waals surface area contributed by atoms with Crippen LogP contribution >= 0.6 is 0 Å². The van der Waals surface area contributed by atoms with Crippen molar-refractivity contribution in [1.29, 1.82) is 0 Å². The average molecular weight is 402 g/mol. The molecule has 0 atom stereocenters. The summed E-state index contributed by atoms with van der Waals surface area (Å²) in [5.74, 6) is 0.846. The Balaban J connectivity index is -0.000000134. The van der Waals surface area contributed by atoms with E-state index in [4.69, 9.17) is 9.84 Å². The van der Waals surface area contributed by atoms with Crippen molar-refractivity contribution < 1.29 is 42.6 Å². The van der Waals surface area contributed by atoms with E-state index >= 15 is 0 Å². The largest absolute Gasteiger partial charge is 0.508 e. The number of hydrogen-bond acceptors (Lipinski definition) is 3. The van der Waals surface area contributed by atoms with Crippen molar-refractivity contribution in [3.63, 3.8) is 0 Å². The van der Waals surface area contributed by atoms with Gasteiger partial charge in [-0.3, -0.25) is 4.90 Å². The van der Waals surface area contributed by atoms with E-state index in [-0.39, 0.29) is 55.0 Å². The summed E-state index contributed by atoms with van der Waals surface area (Å²) in [4.78, 5) is 2.43. The Labute approximate surface area is 170 Å². The molecule has 1 fully saturated rings. The van der Waals surface area contributed by atoms with Gasteiger partial charge >= 0.3 is 0 Å². The van der Waals surface area contributed by atoms with Crippen molar-refractivity contribution in [2.45, 2.75) is 61.9 Å². The fourth-order valence-electron chi connectivity index (χ4n) is 1.98. The van der Waals surface area contributed by atoms with Crippen LogP contribution in [-0.4, -0.2) is 42.4 Å². The van der Waals surface area contributed by atoms with Gasteiger partial charge in [-0.15, -0.1) is 0 Å². The van der Waals surface area contributed by atoms with Crippen molar-refractivity contribution in [3.8, 4) is 5.75 Å². The van der Waals surface area contributed by atoms with Crippen LogP contribution in [0.4, 0.5) is 0 Å². The first-order valence-electron chi connectivity index (χ1n) is 7.11. The van der Waals surface area contributed by atoms with E-state index < -0.39 is 0 Å². The molecule has 0 saturated carbocycles. The zero-order valence-electron chi connectivity index (χ0n) is 13.2. The number of phenolic OH excluding ortho intramolecular Hbond substituents is 1. The standard InChI is InChI=1S/C9H12O.C7H15NO.3CH4.Y/c1-7(2)8-4-3-5-9(10)6-8;1-7(2)8-3-5-9-6-4-8;;;;/h3-7,10H,1-2H3;7H,3-6H2,1-2H3;3*1H4;. The van der Waals surface area contributed by atoms with Crippen LogP contribution < -0.4 is 0 Å². The third kappa shape index (κ3) is 13.1. The molecule has 4 heteroatoms. The van der Waals surface area contributed by atoms with Crippen LogP contribution in [0, 0.1) is 0 Å². The Morgan fingerprint density at radius 2 is 1.52 bits per heavy atom. The monoisotopic (exact) mass is 402 g/mol. The SMILES string of the molecule is C.C.C.CC(C)N1CCOCC1.CC(C)c1cccc(O)c1.[Y]. The number of ether oxygens (including phenoxy) is 1. The molecule has 23 heavy (non-hydrogen) atoms. The molecule has 1 saturated heterocycles. The fourth-order valence-corrected chi connectivity index (χ4v) is 1.98. The van der Waals surface area contributed by atoms with E-state index in [9.17, 15) is 0 Å². The Hall–Kier alpha value is 0.0439. The third-order valence-corrected chi connectivity index (χ3v) is 3.31. The number of hydrogen-bond donors (Lipinski definition) is 1. The van der Waals surface area contributed by atoms with Crippen LogP contribution in [0.1, 0.15) is 61.5 Å². The van der Waals surface area contributed by atoms with Gasteiger partial charge in [0.05, 0.1) is 13.2 Å². The molecule has 0 aromatic heterocycles. The molecule has 1 aromatic rings. The van der Waals surface area contributed by atoms with Crippen molar-refractivity contribution in [2.24, 2.45) is 0 Å². The van der Waals surface area contributed by atoms with Crippen LogP contribution in [0.3, 0.4) is 0 Å². The molecular weight excluding hydrogens is 363 g/mol. The van der Waals surface area contributed by atoms with Gasteiger partial charge in [0, 0.05) is 51.8 Å². The maximum absolute atomic E-state index is 9.06. The van der Waals surface area contributed by atoms with Gasteiger partial charge in [-0.2, -0.15) is 0 Å². The minimum atomic E-state index is 0. The first-order valence-corrected chi connectivity index (χ1v) is 7.11. The van der Waals surface area contributed by atoms with Gasteiger partial charge in [-0.25, -0.2) is 0 Å². The Kier molecular flexibility index (Phi) is 22.7. The second kappa shape index (κ2) is 16.9. The van der Waals surface area contributed by atoms with Gasteiger partial charge in [-0.05, 0) is 37.5 Å². The number of aromatic hydroxyl groups is 1. The molecule has 0 amide bonds. The molecule has 0 aliphatic carbocycles. The Bertz CT molecular complexity index is 364. The molecule has 1 N–H and O–H groups in total. The molecule has 3 nitrogen and oxygen atoms in total. The van der Waals surface area contributed by atoms with Crippen molar-refractivity contribution in [3.05, 3.63) is 29.8 Å². The number of nitrogens with zero attached hydrogens (tertiary/aromatic N) is 1. The molecule has 1 aliphatic rings. The molecule has 0 unspecified atom stereocenters. The van der Waals surface area contributed by atoms with E-state index in [2.05, 4.69) is 32.6 Å². The Morgan fingerprint density at radius 1 is 1.00 bits per heavy atom. The first kappa shape index (κ1) is 30.9. The maximum Gasteiger partial charge on any atom is 0.115 e. The van der Waals surface area contributed by atoms with Crippen LogP contribution in [0.2, 0.25) is 0 Å². The van der Waals surface area contributed by atoms with Gasteiger partial charge in [0.15, 0.2) is 0 Å². The van der Waals surface area contributed by atoms with Crippen molar-refractivity contribution in [2.75, 3.05) is 26.3 Å². The number of morpholine rings is 1. The summed E-state index contributed by atoms with van der Waals surface area (Å²) in [5.41, 5.74) is 1.18. The van der Waals surface area contributed by atoms with Gasteiger partial charge < -0.3 is 9.84 Å². The van der Waals surface area contributed by atoms with Gasteiger partial charge in [0.2, 0.25) is 0 Å². The summed E-state index contributed by atoms with van der Waals surface area (Å²) in [6.45, 7) is 12.7. The van der Waals surface area contributed by atoms with E-state index in [1.165, 1.54) is 5.56 Å². The molecule has 0 spiro atoms. The summed E-state index contributed by atoms with van der Waals surface area (Å²) < 4.78 is 5.21. The van der Waals surface area contributed by atoms with Crippen molar-refractivity contribution in [1.82, 2.24) is 4.90 Å². The summed E-state index contributed by atoms with van der Waals surface area (Å²) in [6.07, 6.45) is 0. The summed E-state index contributed by atoms with van der Waals surface area (Å²) >= 11 is 0. The number of benzene rings is 1. The minimum Gasteiger partial charge on any atom is -0.508 e. The molecule has 1 aromatic carbocycles. The molecule has 2 rings (SSSR count). The molecule has 1 heterocycles. The molecule has 0 bridgehead atoms. The molecule has 1 aliphatic heterocycles. The summed E-state index contributed by atoms with van der Waals surface area (Å²) in [7, 11) is 0. The Morgan fingerprint density at radius 3 is 1.83 bits per heavy atom. The van der Waals surface area contributed by atoms with Crippen LogP contribution in [0.15, 0.2) is 24.3 Å². The number of rotatable bonds is 2.